The normalized spacial score (nSPS) is 15.4. The summed E-state index contributed by atoms with van der Waals surface area (Å²) in [7, 11) is 1.86. The van der Waals surface area contributed by atoms with Gasteiger partial charge in [-0.3, -0.25) is 9.48 Å². The maximum atomic E-state index is 13.1. The van der Waals surface area contributed by atoms with E-state index in [1.54, 1.807) is 23.3 Å². The van der Waals surface area contributed by atoms with E-state index in [1.165, 1.54) is 16.9 Å². The highest BCUT2D eigenvalue weighted by Gasteiger charge is 2.26. The molecular formula is C26H29N7OS. The molecule has 0 spiro atoms. The lowest BCUT2D eigenvalue weighted by molar-refractivity contribution is 0.0976. The van der Waals surface area contributed by atoms with Gasteiger partial charge in [-0.05, 0) is 30.0 Å². The zero-order valence-electron chi connectivity index (χ0n) is 20.4. The molecule has 0 bridgehead atoms. The van der Waals surface area contributed by atoms with Gasteiger partial charge in [0.15, 0.2) is 5.78 Å². The van der Waals surface area contributed by atoms with E-state index in [0.29, 0.717) is 12.4 Å². The Hall–Kier alpha value is -3.59. The molecule has 4 heterocycles. The van der Waals surface area contributed by atoms with E-state index >= 15 is 0 Å². The quantitative estimate of drug-likeness (QED) is 0.344. The molecule has 3 aromatic heterocycles. The van der Waals surface area contributed by atoms with Gasteiger partial charge in [-0.1, -0.05) is 32.9 Å². The van der Waals surface area contributed by atoms with Crippen LogP contribution in [0.5, 0.6) is 0 Å². The van der Waals surface area contributed by atoms with Gasteiger partial charge in [0.2, 0.25) is 5.95 Å². The summed E-state index contributed by atoms with van der Waals surface area (Å²) in [5, 5.41) is 11.9. The van der Waals surface area contributed by atoms with Crippen molar-refractivity contribution in [3.8, 4) is 11.3 Å². The first-order chi connectivity index (χ1) is 16.8. The van der Waals surface area contributed by atoms with Crippen molar-refractivity contribution in [2.24, 2.45) is 7.05 Å². The summed E-state index contributed by atoms with van der Waals surface area (Å²) < 4.78 is 1.72. The van der Waals surface area contributed by atoms with E-state index in [4.69, 9.17) is 0 Å². The highest BCUT2D eigenvalue weighted by Crippen LogP contribution is 2.38. The Balaban J connectivity index is 1.34. The van der Waals surface area contributed by atoms with Gasteiger partial charge in [-0.2, -0.15) is 5.10 Å². The van der Waals surface area contributed by atoms with Gasteiger partial charge in [0, 0.05) is 55.3 Å². The second kappa shape index (κ2) is 9.22. The molecule has 9 heteroatoms. The molecule has 1 unspecified atom stereocenters. The van der Waals surface area contributed by atoms with Crippen LogP contribution >= 0.6 is 11.3 Å². The highest BCUT2D eigenvalue weighted by molar-refractivity contribution is 7.13. The fourth-order valence-electron chi connectivity index (χ4n) is 4.24. The minimum absolute atomic E-state index is 0.0463. The molecule has 180 valence electrons. The van der Waals surface area contributed by atoms with Crippen molar-refractivity contribution in [1.82, 2.24) is 24.7 Å². The number of fused-ring (bicyclic) bond motifs is 1. The number of thiazole rings is 1. The molecule has 2 N–H and O–H groups in total. The van der Waals surface area contributed by atoms with Crippen molar-refractivity contribution in [3.63, 3.8) is 0 Å². The number of hydrogen-bond acceptors (Lipinski definition) is 8. The van der Waals surface area contributed by atoms with E-state index in [9.17, 15) is 4.79 Å². The highest BCUT2D eigenvalue weighted by atomic mass is 32.1. The molecule has 0 saturated heterocycles. The molecule has 0 saturated carbocycles. The average molecular weight is 488 g/mol. The Labute approximate surface area is 208 Å². The number of hydrogen-bond donors (Lipinski definition) is 2. The molecule has 0 aliphatic carbocycles. The number of aromatic nitrogens is 5. The summed E-state index contributed by atoms with van der Waals surface area (Å²) in [6.07, 6.45) is 8.51. The third-order valence-corrected chi connectivity index (χ3v) is 7.53. The number of ketones is 1. The number of benzene rings is 1. The summed E-state index contributed by atoms with van der Waals surface area (Å²) in [6.45, 7) is 7.20. The number of nitrogens with zero attached hydrogens (tertiary/aromatic N) is 5. The lowest BCUT2D eigenvalue weighted by Gasteiger charge is -2.26. The largest absolute Gasteiger partial charge is 0.385 e. The Morgan fingerprint density at radius 2 is 2.09 bits per heavy atom. The fourth-order valence-corrected chi connectivity index (χ4v) is 5.16. The molecule has 5 rings (SSSR count). The fraction of sp³-hybridized carbons (Fsp3) is 0.346. The number of carbonyl (C=O) groups excluding carboxylic acids is 1. The van der Waals surface area contributed by atoms with Gasteiger partial charge in [0.1, 0.15) is 0 Å². The second-order valence-electron chi connectivity index (χ2n) is 9.91. The van der Waals surface area contributed by atoms with Gasteiger partial charge in [-0.25, -0.2) is 15.0 Å². The maximum Gasteiger partial charge on any atom is 0.227 e. The van der Waals surface area contributed by atoms with Gasteiger partial charge >= 0.3 is 0 Å². The molecule has 0 amide bonds. The summed E-state index contributed by atoms with van der Waals surface area (Å²) in [4.78, 5) is 27.3. The van der Waals surface area contributed by atoms with Gasteiger partial charge in [0.05, 0.1) is 27.5 Å². The van der Waals surface area contributed by atoms with Crippen LogP contribution in [0.15, 0.2) is 49.1 Å². The molecular weight excluding hydrogens is 458 g/mol. The van der Waals surface area contributed by atoms with Crippen molar-refractivity contribution in [2.45, 2.75) is 44.9 Å². The number of rotatable bonds is 6. The third kappa shape index (κ3) is 5.09. The first kappa shape index (κ1) is 23.2. The third-order valence-electron chi connectivity index (χ3n) is 6.07. The van der Waals surface area contributed by atoms with E-state index in [0.717, 1.165) is 45.5 Å². The second-order valence-corrected chi connectivity index (χ2v) is 10.9. The molecule has 1 atom stereocenters. The van der Waals surface area contributed by atoms with E-state index in [1.807, 2.05) is 19.3 Å². The predicted octanol–water partition coefficient (Wildman–Crippen LogP) is 5.55. The van der Waals surface area contributed by atoms with Crippen molar-refractivity contribution in [1.29, 1.82) is 0 Å². The standard InChI is InChI=1S/C26H29N7OS/c1-26(2,3)24-29-14-23(35-24)22(34)12-16-7-9-27-21-11-17(5-6-19(16)21)20-8-10-28-25(32-20)31-18-13-30-33(4)15-18/h5-6,8,10-11,13-16,27H,7,9,12H2,1-4H3,(H,28,31,32). The van der Waals surface area contributed by atoms with Crippen LogP contribution < -0.4 is 10.6 Å². The Morgan fingerprint density at radius 1 is 1.23 bits per heavy atom. The zero-order chi connectivity index (χ0) is 24.6. The number of Topliss-reactive ketones (excluding diaryl/α,β-unsaturated/α-hetero) is 1. The van der Waals surface area contributed by atoms with E-state index in [2.05, 4.69) is 69.7 Å². The zero-order valence-corrected chi connectivity index (χ0v) is 21.2. The molecule has 1 aliphatic heterocycles. The number of aryl methyl sites for hydroxylation is 1. The number of carbonyl (C=O) groups is 1. The number of anilines is 3. The van der Waals surface area contributed by atoms with Crippen LogP contribution in [0.2, 0.25) is 0 Å². The van der Waals surface area contributed by atoms with Crippen LogP contribution in [-0.4, -0.2) is 37.1 Å². The van der Waals surface area contributed by atoms with Crippen molar-refractivity contribution < 1.29 is 4.79 Å². The summed E-state index contributed by atoms with van der Waals surface area (Å²) in [5.41, 5.74) is 4.85. The topological polar surface area (TPSA) is 97.6 Å². The van der Waals surface area contributed by atoms with Crippen LogP contribution in [0.3, 0.4) is 0 Å². The van der Waals surface area contributed by atoms with Crippen LogP contribution in [-0.2, 0) is 12.5 Å². The molecule has 0 fully saturated rings. The SMILES string of the molecule is Cn1cc(Nc2nccc(-c3ccc4c(c3)NCCC4CC(=O)c3cnc(C(C)(C)C)s3)n2)cn1. The van der Waals surface area contributed by atoms with Crippen LogP contribution in [0.25, 0.3) is 11.3 Å². The molecule has 0 radical (unpaired) electrons. The summed E-state index contributed by atoms with van der Waals surface area (Å²) in [5.74, 6) is 0.867. The van der Waals surface area contributed by atoms with Gasteiger partial charge in [-0.15, -0.1) is 11.3 Å². The first-order valence-electron chi connectivity index (χ1n) is 11.7. The summed E-state index contributed by atoms with van der Waals surface area (Å²) in [6, 6.07) is 8.21. The minimum atomic E-state index is -0.0463. The molecule has 1 aromatic carbocycles. The van der Waals surface area contributed by atoms with E-state index in [-0.39, 0.29) is 17.1 Å². The molecule has 4 aromatic rings. The van der Waals surface area contributed by atoms with Crippen molar-refractivity contribution in [3.05, 3.63) is 64.5 Å². The number of nitrogens with one attached hydrogen (secondary N) is 2. The monoisotopic (exact) mass is 487 g/mol. The smallest absolute Gasteiger partial charge is 0.227 e. The Bertz CT molecular complexity index is 1370. The van der Waals surface area contributed by atoms with Crippen molar-refractivity contribution >= 4 is 34.4 Å². The maximum absolute atomic E-state index is 13.1. The first-order valence-corrected chi connectivity index (χ1v) is 12.5. The van der Waals surface area contributed by atoms with Crippen LogP contribution in [0.1, 0.15) is 59.8 Å². The minimum Gasteiger partial charge on any atom is -0.385 e. The van der Waals surface area contributed by atoms with Crippen LogP contribution in [0.4, 0.5) is 17.3 Å². The predicted molar refractivity (Wildman–Crippen MR) is 140 cm³/mol. The Kier molecular flexibility index (Phi) is 6.10. The molecule has 8 nitrogen and oxygen atoms in total. The lowest BCUT2D eigenvalue weighted by Crippen LogP contribution is -2.19. The molecule has 35 heavy (non-hydrogen) atoms. The van der Waals surface area contributed by atoms with Gasteiger partial charge in [0.25, 0.3) is 0 Å². The Morgan fingerprint density at radius 3 is 2.83 bits per heavy atom. The van der Waals surface area contributed by atoms with Gasteiger partial charge < -0.3 is 10.6 Å². The van der Waals surface area contributed by atoms with E-state index < -0.39 is 0 Å². The van der Waals surface area contributed by atoms with Crippen molar-refractivity contribution in [2.75, 3.05) is 17.2 Å². The average Bonchev–Trinajstić information content (AvgIpc) is 3.49. The van der Waals surface area contributed by atoms with Crippen LogP contribution in [0, 0.1) is 0 Å². The lowest BCUT2D eigenvalue weighted by atomic mass is 9.86. The molecule has 1 aliphatic rings. The summed E-state index contributed by atoms with van der Waals surface area (Å²) >= 11 is 1.52.